The van der Waals surface area contributed by atoms with Gasteiger partial charge in [-0.25, -0.2) is 0 Å². The monoisotopic (exact) mass is 364 g/mol. The van der Waals surface area contributed by atoms with E-state index in [1.54, 1.807) is 31.4 Å². The molecular weight excluding hydrogens is 352 g/mol. The number of methoxy groups -OCH3 is 1. The summed E-state index contributed by atoms with van der Waals surface area (Å²) in [5, 5.41) is 6.83. The Labute approximate surface area is 135 Å². The molecule has 0 unspecified atom stereocenters. The molecule has 0 saturated heterocycles. The lowest BCUT2D eigenvalue weighted by molar-refractivity contribution is -0.115. The second-order valence-electron chi connectivity index (χ2n) is 4.83. The van der Waals surface area contributed by atoms with Gasteiger partial charge in [0.05, 0.1) is 18.5 Å². The number of halogens is 1. The van der Waals surface area contributed by atoms with Gasteiger partial charge in [0.1, 0.15) is 12.1 Å². The second kappa shape index (κ2) is 5.45. The van der Waals surface area contributed by atoms with Gasteiger partial charge in [-0.2, -0.15) is 0 Å². The average Bonchev–Trinajstić information content (AvgIpc) is 2.87. The zero-order valence-electron chi connectivity index (χ0n) is 12.0. The first-order chi connectivity index (χ1) is 10.5. The van der Waals surface area contributed by atoms with Crippen molar-refractivity contribution < 1.29 is 14.3 Å². The molecule has 2 amide bonds. The highest BCUT2D eigenvalue weighted by atomic mass is 79.9. The fourth-order valence-corrected chi connectivity index (χ4v) is 2.69. The first-order valence-corrected chi connectivity index (χ1v) is 7.28. The van der Waals surface area contributed by atoms with Crippen LogP contribution in [0.4, 0.5) is 11.4 Å². The van der Waals surface area contributed by atoms with Crippen molar-refractivity contribution in [2.24, 2.45) is 7.05 Å². The molecule has 1 aromatic carbocycles. The van der Waals surface area contributed by atoms with Crippen LogP contribution < -0.4 is 15.0 Å². The minimum absolute atomic E-state index is 0.0552. The summed E-state index contributed by atoms with van der Waals surface area (Å²) in [6, 6.07) is 5.34. The van der Waals surface area contributed by atoms with E-state index < -0.39 is 0 Å². The van der Waals surface area contributed by atoms with E-state index >= 15 is 0 Å². The number of carbonyl (C=O) groups is 2. The molecule has 0 aliphatic carbocycles. The van der Waals surface area contributed by atoms with Crippen molar-refractivity contribution in [2.75, 3.05) is 23.9 Å². The summed E-state index contributed by atoms with van der Waals surface area (Å²) < 4.78 is 7.44. The molecule has 0 bridgehead atoms. The molecule has 0 spiro atoms. The molecule has 0 saturated carbocycles. The first-order valence-electron chi connectivity index (χ1n) is 6.48. The van der Waals surface area contributed by atoms with Crippen molar-refractivity contribution in [3.63, 3.8) is 0 Å². The van der Waals surface area contributed by atoms with Crippen molar-refractivity contribution in [3.05, 3.63) is 34.4 Å². The standard InChI is InChI=1S/C14H13BrN4O3/c1-18-6-9(13(17-18)22-2)14(21)19-7-12(20)16-10-4-3-8(15)5-11(10)19/h3-6H,7H2,1-2H3,(H,16,20). The van der Waals surface area contributed by atoms with Gasteiger partial charge in [0.15, 0.2) is 0 Å². The predicted molar refractivity (Wildman–Crippen MR) is 84.2 cm³/mol. The van der Waals surface area contributed by atoms with E-state index in [2.05, 4.69) is 26.3 Å². The third-order valence-electron chi connectivity index (χ3n) is 3.29. The van der Waals surface area contributed by atoms with Crippen LogP contribution in [0.3, 0.4) is 0 Å². The molecule has 114 valence electrons. The number of anilines is 2. The summed E-state index contributed by atoms with van der Waals surface area (Å²) in [6.07, 6.45) is 1.57. The number of hydrogen-bond acceptors (Lipinski definition) is 4. The van der Waals surface area contributed by atoms with Gasteiger partial charge in [-0.05, 0) is 18.2 Å². The lowest BCUT2D eigenvalue weighted by Gasteiger charge is -2.29. The number of aromatic nitrogens is 2. The molecule has 1 N–H and O–H groups in total. The highest BCUT2D eigenvalue weighted by Crippen LogP contribution is 2.34. The molecule has 0 atom stereocenters. The topological polar surface area (TPSA) is 76.5 Å². The van der Waals surface area contributed by atoms with Crippen LogP contribution in [-0.4, -0.2) is 35.2 Å². The first kappa shape index (κ1) is 14.6. The molecule has 0 radical (unpaired) electrons. The number of hydrogen-bond donors (Lipinski definition) is 1. The van der Waals surface area contributed by atoms with Gasteiger partial charge in [-0.3, -0.25) is 19.2 Å². The fourth-order valence-electron chi connectivity index (χ4n) is 2.34. The van der Waals surface area contributed by atoms with Crippen LogP contribution in [0.1, 0.15) is 10.4 Å². The minimum atomic E-state index is -0.334. The summed E-state index contributed by atoms with van der Waals surface area (Å²) in [5.41, 5.74) is 1.53. The number of aryl methyl sites for hydroxylation is 1. The minimum Gasteiger partial charge on any atom is -0.479 e. The van der Waals surface area contributed by atoms with E-state index in [0.29, 0.717) is 16.9 Å². The van der Waals surface area contributed by atoms with Crippen molar-refractivity contribution in [1.29, 1.82) is 0 Å². The maximum Gasteiger partial charge on any atom is 0.265 e. The van der Waals surface area contributed by atoms with Crippen LogP contribution in [0.25, 0.3) is 0 Å². The number of fused-ring (bicyclic) bond motifs is 1. The number of nitrogens with zero attached hydrogens (tertiary/aromatic N) is 3. The van der Waals surface area contributed by atoms with Crippen LogP contribution in [0.2, 0.25) is 0 Å². The third-order valence-corrected chi connectivity index (χ3v) is 3.78. The summed E-state index contributed by atoms with van der Waals surface area (Å²) >= 11 is 3.38. The summed E-state index contributed by atoms with van der Waals surface area (Å²) in [4.78, 5) is 26.1. The lowest BCUT2D eigenvalue weighted by Crippen LogP contribution is -2.42. The molecular formula is C14H13BrN4O3. The maximum absolute atomic E-state index is 12.8. The Morgan fingerprint density at radius 3 is 2.95 bits per heavy atom. The number of benzene rings is 1. The molecule has 1 aromatic heterocycles. The Balaban J connectivity index is 2.06. The fraction of sp³-hybridized carbons (Fsp3) is 0.214. The van der Waals surface area contributed by atoms with E-state index in [1.807, 2.05) is 0 Å². The number of rotatable bonds is 2. The van der Waals surface area contributed by atoms with Gasteiger partial charge in [-0.1, -0.05) is 15.9 Å². The van der Waals surface area contributed by atoms with Crippen molar-refractivity contribution in [3.8, 4) is 5.88 Å². The largest absolute Gasteiger partial charge is 0.479 e. The van der Waals surface area contributed by atoms with Crippen molar-refractivity contribution in [2.45, 2.75) is 0 Å². The maximum atomic E-state index is 12.8. The van der Waals surface area contributed by atoms with E-state index in [4.69, 9.17) is 4.74 Å². The van der Waals surface area contributed by atoms with Gasteiger partial charge in [0, 0.05) is 17.7 Å². The summed E-state index contributed by atoms with van der Waals surface area (Å²) in [7, 11) is 3.15. The number of nitrogens with one attached hydrogen (secondary N) is 1. The Bertz CT molecular complexity index is 771. The van der Waals surface area contributed by atoms with E-state index in [-0.39, 0.29) is 24.2 Å². The van der Waals surface area contributed by atoms with Crippen LogP contribution in [0, 0.1) is 0 Å². The van der Waals surface area contributed by atoms with Gasteiger partial charge in [-0.15, -0.1) is 5.10 Å². The van der Waals surface area contributed by atoms with Crippen LogP contribution in [-0.2, 0) is 11.8 Å². The van der Waals surface area contributed by atoms with Crippen molar-refractivity contribution >= 4 is 39.1 Å². The van der Waals surface area contributed by atoms with Crippen molar-refractivity contribution in [1.82, 2.24) is 9.78 Å². The molecule has 22 heavy (non-hydrogen) atoms. The quantitative estimate of drug-likeness (QED) is 0.881. The molecule has 2 heterocycles. The van der Waals surface area contributed by atoms with E-state index in [1.165, 1.54) is 16.7 Å². The number of carbonyl (C=O) groups excluding carboxylic acids is 2. The van der Waals surface area contributed by atoms with Crippen LogP contribution in [0.15, 0.2) is 28.9 Å². The lowest BCUT2D eigenvalue weighted by atomic mass is 10.1. The van der Waals surface area contributed by atoms with Gasteiger partial charge < -0.3 is 10.1 Å². The SMILES string of the molecule is COc1nn(C)cc1C(=O)N1CC(=O)Nc2ccc(Br)cc21. The normalized spacial score (nSPS) is 13.6. The van der Waals surface area contributed by atoms with Crippen LogP contribution >= 0.6 is 15.9 Å². The predicted octanol–water partition coefficient (Wildman–Crippen LogP) is 1.79. The Morgan fingerprint density at radius 2 is 2.23 bits per heavy atom. The summed E-state index contributed by atoms with van der Waals surface area (Å²) in [6.45, 7) is -0.0552. The number of ether oxygens (including phenoxy) is 1. The molecule has 8 heteroatoms. The second-order valence-corrected chi connectivity index (χ2v) is 5.74. The molecule has 0 fully saturated rings. The van der Waals surface area contributed by atoms with E-state index in [0.717, 1.165) is 4.47 Å². The Kier molecular flexibility index (Phi) is 3.61. The third kappa shape index (κ3) is 2.45. The zero-order chi connectivity index (χ0) is 15.9. The van der Waals surface area contributed by atoms with Gasteiger partial charge in [0.2, 0.25) is 11.8 Å². The van der Waals surface area contributed by atoms with Gasteiger partial charge in [0.25, 0.3) is 5.91 Å². The van der Waals surface area contributed by atoms with Gasteiger partial charge >= 0.3 is 0 Å². The molecule has 2 aromatic rings. The Morgan fingerprint density at radius 1 is 1.45 bits per heavy atom. The smallest absolute Gasteiger partial charge is 0.265 e. The molecule has 3 rings (SSSR count). The van der Waals surface area contributed by atoms with E-state index in [9.17, 15) is 9.59 Å². The molecule has 7 nitrogen and oxygen atoms in total. The number of amides is 2. The molecule has 1 aliphatic rings. The Hall–Kier alpha value is -2.35. The zero-order valence-corrected chi connectivity index (χ0v) is 13.5. The highest BCUT2D eigenvalue weighted by Gasteiger charge is 2.30. The highest BCUT2D eigenvalue weighted by molar-refractivity contribution is 9.10. The average molecular weight is 365 g/mol. The summed E-state index contributed by atoms with van der Waals surface area (Å²) in [5.74, 6) is -0.347. The van der Waals surface area contributed by atoms with Crippen LogP contribution in [0.5, 0.6) is 5.88 Å². The molecule has 1 aliphatic heterocycles.